The van der Waals surface area contributed by atoms with Gasteiger partial charge in [0, 0.05) is 0 Å². The fourth-order valence-electron chi connectivity index (χ4n) is 7.87. The molecule has 0 N–H and O–H groups in total. The van der Waals surface area contributed by atoms with Crippen LogP contribution in [-0.2, 0) is 16.1 Å². The summed E-state index contributed by atoms with van der Waals surface area (Å²) in [6.45, 7) is 0. The molecule has 44 heavy (non-hydrogen) atoms. The number of methoxy groups -OCH3 is 1. The Morgan fingerprint density at radius 2 is 1.64 bits per heavy atom. The number of carbonyl (C=O) groups is 2. The van der Waals surface area contributed by atoms with E-state index in [-0.39, 0.29) is 56.6 Å². The van der Waals surface area contributed by atoms with Gasteiger partial charge in [-0.05, 0) is 0 Å². The van der Waals surface area contributed by atoms with Crippen LogP contribution >= 0.6 is 11.6 Å². The number of rotatable bonds is 6. The Bertz CT molecular complexity index is 1730. The number of halogens is 1. The van der Waals surface area contributed by atoms with E-state index in [4.69, 9.17) is 21.2 Å². The molecule has 6 nitrogen and oxygen atoms in total. The standard InChI is InChI=1S/C36H31ClN2O4Se/c1-42-26-17-15-25(16-18-26)38-32-30(35(38)41)29(21-44-27-8-3-2-4-9-27)39-33(32)31(23-11-13-24(37)14-12-23)36(43-39)20-19-22-7-5-6-10-28(22)34(36)40/h2-18,29-33H,19-21H2,1H3/t29-,30-,31+,32-,33-,36+/m1/s1. The summed E-state index contributed by atoms with van der Waals surface area (Å²) in [6.07, 6.45) is 1.33. The average Bonchev–Trinajstić information content (AvgIpc) is 3.52. The van der Waals surface area contributed by atoms with Crippen LogP contribution in [0, 0.1) is 5.92 Å². The number of fused-ring (bicyclic) bond motifs is 4. The van der Waals surface area contributed by atoms with Gasteiger partial charge in [-0.1, -0.05) is 0 Å². The molecule has 6 atom stereocenters. The summed E-state index contributed by atoms with van der Waals surface area (Å²) in [5, 5.41) is 3.54. The molecule has 0 saturated carbocycles. The van der Waals surface area contributed by atoms with Crippen molar-refractivity contribution in [2.24, 2.45) is 5.92 Å². The second-order valence-electron chi connectivity index (χ2n) is 12.0. The Morgan fingerprint density at radius 3 is 2.39 bits per heavy atom. The number of hydrogen-bond acceptors (Lipinski definition) is 5. The van der Waals surface area contributed by atoms with Crippen molar-refractivity contribution in [3.8, 4) is 5.75 Å². The molecule has 8 heteroatoms. The van der Waals surface area contributed by atoms with Crippen LogP contribution in [0.2, 0.25) is 10.3 Å². The van der Waals surface area contributed by atoms with E-state index in [1.807, 2.05) is 83.8 Å². The van der Waals surface area contributed by atoms with E-state index in [1.165, 1.54) is 4.46 Å². The summed E-state index contributed by atoms with van der Waals surface area (Å²) < 4.78 is 6.68. The molecular weight excluding hydrogens is 639 g/mol. The molecule has 222 valence electrons. The first-order valence-electron chi connectivity index (χ1n) is 15.0. The van der Waals surface area contributed by atoms with Crippen molar-refractivity contribution >= 4 is 48.4 Å². The predicted molar refractivity (Wildman–Crippen MR) is 171 cm³/mol. The summed E-state index contributed by atoms with van der Waals surface area (Å²) in [5.41, 5.74) is 2.57. The third-order valence-electron chi connectivity index (χ3n) is 9.84. The second-order valence-corrected chi connectivity index (χ2v) is 14.7. The van der Waals surface area contributed by atoms with Gasteiger partial charge in [0.15, 0.2) is 0 Å². The van der Waals surface area contributed by atoms with Gasteiger partial charge in [-0.2, -0.15) is 0 Å². The van der Waals surface area contributed by atoms with Crippen LogP contribution in [0.15, 0.2) is 103 Å². The summed E-state index contributed by atoms with van der Waals surface area (Å²) >= 11 is 6.49. The Kier molecular flexibility index (Phi) is 6.93. The molecule has 4 aromatic rings. The number of anilines is 1. The summed E-state index contributed by atoms with van der Waals surface area (Å²) in [6, 6.07) is 33.4. The maximum atomic E-state index is 14.6. The molecular formula is C36H31ClN2O4Se. The molecule has 1 amide bonds. The van der Waals surface area contributed by atoms with Crippen molar-refractivity contribution in [2.45, 2.75) is 47.8 Å². The van der Waals surface area contributed by atoms with Crippen molar-refractivity contribution in [1.82, 2.24) is 5.06 Å². The molecule has 8 rings (SSSR count). The fourth-order valence-corrected chi connectivity index (χ4v) is 10.2. The minimum absolute atomic E-state index is 0.0271. The topological polar surface area (TPSA) is 59.1 Å². The normalized spacial score (nSPS) is 28.9. The number of aryl methyl sites for hydroxylation is 1. The predicted octanol–water partition coefficient (Wildman–Crippen LogP) is 5.48. The van der Waals surface area contributed by atoms with E-state index in [0.717, 1.165) is 39.9 Å². The quantitative estimate of drug-likeness (QED) is 0.201. The first-order valence-corrected chi connectivity index (χ1v) is 17.5. The van der Waals surface area contributed by atoms with Crippen molar-refractivity contribution in [3.05, 3.63) is 125 Å². The Balaban J connectivity index is 1.25. The van der Waals surface area contributed by atoms with Gasteiger partial charge < -0.3 is 0 Å². The Hall–Kier alpha value is -3.45. The maximum absolute atomic E-state index is 14.6. The molecule has 1 aliphatic carbocycles. The minimum atomic E-state index is -1.07. The number of hydroxylamine groups is 2. The Morgan fingerprint density at radius 1 is 0.909 bits per heavy atom. The van der Waals surface area contributed by atoms with Gasteiger partial charge in [0.25, 0.3) is 0 Å². The molecule has 3 aliphatic heterocycles. The molecule has 3 heterocycles. The van der Waals surface area contributed by atoms with Crippen molar-refractivity contribution < 1.29 is 19.2 Å². The number of ether oxygens (including phenoxy) is 1. The van der Waals surface area contributed by atoms with Gasteiger partial charge in [0.1, 0.15) is 0 Å². The number of nitrogens with zero attached hydrogens (tertiary/aromatic N) is 2. The summed E-state index contributed by atoms with van der Waals surface area (Å²) in [5.74, 6) is 0.376. The van der Waals surface area contributed by atoms with Crippen LogP contribution in [0.5, 0.6) is 5.75 Å². The molecule has 4 aliphatic rings. The van der Waals surface area contributed by atoms with Crippen molar-refractivity contribution in [2.75, 3.05) is 12.0 Å². The van der Waals surface area contributed by atoms with Crippen LogP contribution in [0.4, 0.5) is 5.69 Å². The number of β-lactam (4-membered cyclic amide) rings is 1. The SMILES string of the molecule is COc1ccc(N2C(=O)[C@H]3[C@@H]2[C@H]2[C@H](c4ccc(Cl)cc4)[C@]4(CCc5ccccc5C4=O)ON2[C@@H]3C[Se]c2ccccc2)cc1. The second kappa shape index (κ2) is 10.9. The van der Waals surface area contributed by atoms with Gasteiger partial charge in [-0.25, -0.2) is 0 Å². The third kappa shape index (κ3) is 4.22. The number of Topliss-reactive ketones (excluding diaryl/α,β-unsaturated/α-hetero) is 1. The van der Waals surface area contributed by atoms with Gasteiger partial charge in [-0.15, -0.1) is 0 Å². The molecule has 0 unspecified atom stereocenters. The molecule has 0 radical (unpaired) electrons. The fraction of sp³-hybridized carbons (Fsp3) is 0.278. The van der Waals surface area contributed by atoms with E-state index in [0.29, 0.717) is 11.4 Å². The first kappa shape index (κ1) is 28.1. The number of benzene rings is 4. The summed E-state index contributed by atoms with van der Waals surface area (Å²) in [4.78, 5) is 37.7. The molecule has 0 aromatic heterocycles. The molecule has 1 spiro atoms. The number of hydrogen-bond donors (Lipinski definition) is 0. The zero-order valence-electron chi connectivity index (χ0n) is 24.1. The monoisotopic (exact) mass is 670 g/mol. The molecule has 4 aromatic carbocycles. The van der Waals surface area contributed by atoms with Crippen molar-refractivity contribution in [3.63, 3.8) is 0 Å². The van der Waals surface area contributed by atoms with Gasteiger partial charge in [-0.3, -0.25) is 0 Å². The molecule has 3 saturated heterocycles. The van der Waals surface area contributed by atoms with Crippen LogP contribution in [-0.4, -0.2) is 62.5 Å². The zero-order chi connectivity index (χ0) is 30.0. The van der Waals surface area contributed by atoms with Crippen LogP contribution < -0.4 is 14.1 Å². The molecule has 3 fully saturated rings. The summed E-state index contributed by atoms with van der Waals surface area (Å²) in [7, 11) is 1.64. The van der Waals surface area contributed by atoms with Crippen LogP contribution in [0.1, 0.15) is 33.8 Å². The van der Waals surface area contributed by atoms with E-state index in [9.17, 15) is 9.59 Å². The number of ketones is 1. The van der Waals surface area contributed by atoms with E-state index in [1.54, 1.807) is 7.11 Å². The van der Waals surface area contributed by atoms with E-state index in [2.05, 4.69) is 29.3 Å². The van der Waals surface area contributed by atoms with Crippen molar-refractivity contribution in [1.29, 1.82) is 0 Å². The Labute approximate surface area is 268 Å². The average molecular weight is 670 g/mol. The third-order valence-corrected chi connectivity index (χ3v) is 12.4. The number of carbonyl (C=O) groups excluding carboxylic acids is 2. The van der Waals surface area contributed by atoms with E-state index < -0.39 is 5.60 Å². The van der Waals surface area contributed by atoms with Crippen LogP contribution in [0.3, 0.4) is 0 Å². The number of amides is 1. The van der Waals surface area contributed by atoms with Gasteiger partial charge in [0.05, 0.1) is 0 Å². The van der Waals surface area contributed by atoms with E-state index >= 15 is 0 Å². The zero-order valence-corrected chi connectivity index (χ0v) is 26.6. The molecule has 0 bridgehead atoms. The van der Waals surface area contributed by atoms with Gasteiger partial charge >= 0.3 is 269 Å². The van der Waals surface area contributed by atoms with Crippen LogP contribution in [0.25, 0.3) is 0 Å². The van der Waals surface area contributed by atoms with Gasteiger partial charge in [0.2, 0.25) is 0 Å². The first-order chi connectivity index (χ1) is 21.5.